The Kier molecular flexibility index (Phi) is 7.13. The van der Waals surface area contributed by atoms with Gasteiger partial charge in [-0.05, 0) is 54.2 Å². The van der Waals surface area contributed by atoms with Crippen molar-refractivity contribution in [2.45, 2.75) is 37.9 Å². The topological polar surface area (TPSA) is 108 Å². The van der Waals surface area contributed by atoms with E-state index in [-0.39, 0.29) is 30.1 Å². The SMILES string of the molecule is N#Cc1ccc(C(NC(=O)Nc2cccc(C(F)(F)F)c2)C2C(=O)CC3(CCOCC3)CC2=O)cc1. The zero-order chi connectivity index (χ0) is 25.9. The van der Waals surface area contributed by atoms with E-state index in [2.05, 4.69) is 10.6 Å². The van der Waals surface area contributed by atoms with E-state index >= 15 is 0 Å². The molecule has 0 bridgehead atoms. The molecule has 1 spiro atoms. The number of rotatable bonds is 4. The molecule has 2 amide bonds. The summed E-state index contributed by atoms with van der Waals surface area (Å²) in [5, 5.41) is 14.1. The van der Waals surface area contributed by atoms with E-state index in [1.807, 2.05) is 6.07 Å². The first-order valence-electron chi connectivity index (χ1n) is 11.5. The van der Waals surface area contributed by atoms with Crippen LogP contribution in [-0.4, -0.2) is 30.8 Å². The van der Waals surface area contributed by atoms with Gasteiger partial charge in [0.05, 0.1) is 23.2 Å². The van der Waals surface area contributed by atoms with Gasteiger partial charge in [0.2, 0.25) is 0 Å². The number of nitrogens with one attached hydrogen (secondary N) is 2. The first-order valence-corrected chi connectivity index (χ1v) is 11.5. The molecule has 1 heterocycles. The molecule has 1 unspecified atom stereocenters. The Hall–Kier alpha value is -3.71. The summed E-state index contributed by atoms with van der Waals surface area (Å²) >= 11 is 0. The van der Waals surface area contributed by atoms with E-state index in [1.54, 1.807) is 12.1 Å². The molecule has 188 valence electrons. The summed E-state index contributed by atoms with van der Waals surface area (Å²) in [4.78, 5) is 39.4. The first kappa shape index (κ1) is 25.4. The molecule has 1 aliphatic heterocycles. The van der Waals surface area contributed by atoms with Crippen LogP contribution in [0.5, 0.6) is 0 Å². The average Bonchev–Trinajstić information content (AvgIpc) is 2.83. The van der Waals surface area contributed by atoms with Crippen molar-refractivity contribution in [1.82, 2.24) is 5.32 Å². The molecule has 1 atom stereocenters. The molecular formula is C26H24F3N3O4. The number of amides is 2. The molecule has 0 aromatic heterocycles. The van der Waals surface area contributed by atoms with Gasteiger partial charge in [-0.1, -0.05) is 18.2 Å². The van der Waals surface area contributed by atoms with Gasteiger partial charge < -0.3 is 15.4 Å². The molecule has 4 rings (SSSR count). The lowest BCUT2D eigenvalue weighted by Gasteiger charge is -2.42. The van der Waals surface area contributed by atoms with Crippen molar-refractivity contribution in [1.29, 1.82) is 5.26 Å². The number of carbonyl (C=O) groups excluding carboxylic acids is 3. The third kappa shape index (κ3) is 5.57. The van der Waals surface area contributed by atoms with Gasteiger partial charge in [-0.25, -0.2) is 4.79 Å². The number of carbonyl (C=O) groups is 3. The molecule has 1 saturated carbocycles. The van der Waals surface area contributed by atoms with Gasteiger partial charge in [0.25, 0.3) is 0 Å². The quantitative estimate of drug-likeness (QED) is 0.589. The number of nitriles is 1. The second-order valence-corrected chi connectivity index (χ2v) is 9.26. The maximum Gasteiger partial charge on any atom is 0.416 e. The maximum absolute atomic E-state index is 13.3. The molecule has 2 aliphatic rings. The van der Waals surface area contributed by atoms with E-state index in [1.165, 1.54) is 18.2 Å². The van der Waals surface area contributed by atoms with Crippen LogP contribution in [0.4, 0.5) is 23.7 Å². The standard InChI is InChI=1S/C26H24F3N3O4/c27-26(28,29)18-2-1-3-19(12-18)31-24(35)32-23(17-6-4-16(15-30)5-7-17)22-20(33)13-25(14-21(22)34)8-10-36-11-9-25/h1-7,12,22-23H,8-11,13-14H2,(H2,31,32,35). The van der Waals surface area contributed by atoms with E-state index < -0.39 is 35.1 Å². The molecule has 2 fully saturated rings. The van der Waals surface area contributed by atoms with Crippen LogP contribution in [0, 0.1) is 22.7 Å². The summed E-state index contributed by atoms with van der Waals surface area (Å²) in [7, 11) is 0. The summed E-state index contributed by atoms with van der Waals surface area (Å²) in [6.45, 7) is 0.948. The fraction of sp³-hybridized carbons (Fsp3) is 0.385. The van der Waals surface area contributed by atoms with Crippen molar-refractivity contribution in [3.8, 4) is 6.07 Å². The van der Waals surface area contributed by atoms with Crippen LogP contribution in [0.2, 0.25) is 0 Å². The highest BCUT2D eigenvalue weighted by molar-refractivity contribution is 6.06. The van der Waals surface area contributed by atoms with Crippen molar-refractivity contribution in [3.05, 3.63) is 65.2 Å². The number of benzene rings is 2. The van der Waals surface area contributed by atoms with Crippen LogP contribution in [0.3, 0.4) is 0 Å². The highest BCUT2D eigenvalue weighted by atomic mass is 19.4. The summed E-state index contributed by atoms with van der Waals surface area (Å²) in [6.07, 6.45) is -3.03. The first-order chi connectivity index (χ1) is 17.1. The van der Waals surface area contributed by atoms with Gasteiger partial charge in [0.15, 0.2) is 0 Å². The summed E-state index contributed by atoms with van der Waals surface area (Å²) < 4.78 is 44.5. The van der Waals surface area contributed by atoms with Gasteiger partial charge in [-0.3, -0.25) is 9.59 Å². The van der Waals surface area contributed by atoms with Gasteiger partial charge in [0.1, 0.15) is 17.5 Å². The monoisotopic (exact) mass is 499 g/mol. The predicted octanol–water partition coefficient (Wildman–Crippen LogP) is 4.78. The Balaban J connectivity index is 1.59. The van der Waals surface area contributed by atoms with Crippen LogP contribution in [0.25, 0.3) is 0 Å². The molecule has 10 heteroatoms. The summed E-state index contributed by atoms with van der Waals surface area (Å²) in [5.41, 5.74) is -0.679. The zero-order valence-corrected chi connectivity index (χ0v) is 19.2. The third-order valence-electron chi connectivity index (χ3n) is 6.81. The van der Waals surface area contributed by atoms with Gasteiger partial charge in [-0.2, -0.15) is 18.4 Å². The summed E-state index contributed by atoms with van der Waals surface area (Å²) in [5.74, 6) is -1.76. The minimum atomic E-state index is -4.58. The minimum Gasteiger partial charge on any atom is -0.381 e. The summed E-state index contributed by atoms with van der Waals surface area (Å²) in [6, 6.07) is 10.3. The largest absolute Gasteiger partial charge is 0.416 e. The fourth-order valence-electron chi connectivity index (χ4n) is 4.94. The molecule has 0 radical (unpaired) electrons. The third-order valence-corrected chi connectivity index (χ3v) is 6.81. The van der Waals surface area contributed by atoms with Gasteiger partial charge in [0, 0.05) is 31.7 Å². The fourth-order valence-corrected chi connectivity index (χ4v) is 4.94. The van der Waals surface area contributed by atoms with Crippen LogP contribution in [0.15, 0.2) is 48.5 Å². The lowest BCUT2D eigenvalue weighted by Crippen LogP contribution is -2.49. The van der Waals surface area contributed by atoms with Crippen molar-refractivity contribution in [2.24, 2.45) is 11.3 Å². The Bertz CT molecular complexity index is 1180. The van der Waals surface area contributed by atoms with Crippen molar-refractivity contribution in [3.63, 3.8) is 0 Å². The molecule has 2 aromatic carbocycles. The molecule has 2 aromatic rings. The normalized spacial score (nSPS) is 18.9. The number of ketones is 2. The predicted molar refractivity (Wildman–Crippen MR) is 123 cm³/mol. The Labute approximate surface area is 205 Å². The van der Waals surface area contributed by atoms with E-state index in [0.29, 0.717) is 37.2 Å². The smallest absolute Gasteiger partial charge is 0.381 e. The minimum absolute atomic E-state index is 0.0941. The second-order valence-electron chi connectivity index (χ2n) is 9.26. The van der Waals surface area contributed by atoms with Crippen molar-refractivity contribution >= 4 is 23.3 Å². The average molecular weight is 499 g/mol. The van der Waals surface area contributed by atoms with E-state index in [4.69, 9.17) is 10.00 Å². The number of hydrogen-bond donors (Lipinski definition) is 2. The molecular weight excluding hydrogens is 475 g/mol. The number of alkyl halides is 3. The number of anilines is 1. The lowest BCUT2D eigenvalue weighted by molar-refractivity contribution is -0.145. The second kappa shape index (κ2) is 10.1. The number of urea groups is 1. The number of ether oxygens (including phenoxy) is 1. The number of hydrogen-bond acceptors (Lipinski definition) is 5. The molecule has 1 saturated heterocycles. The number of nitrogens with zero attached hydrogens (tertiary/aromatic N) is 1. The van der Waals surface area contributed by atoms with Crippen LogP contribution < -0.4 is 10.6 Å². The highest BCUT2D eigenvalue weighted by Gasteiger charge is 2.48. The lowest BCUT2D eigenvalue weighted by atomic mass is 9.63. The molecule has 7 nitrogen and oxygen atoms in total. The highest BCUT2D eigenvalue weighted by Crippen LogP contribution is 2.45. The maximum atomic E-state index is 13.3. The molecule has 1 aliphatic carbocycles. The van der Waals surface area contributed by atoms with E-state index in [0.717, 1.165) is 18.2 Å². The molecule has 2 N–H and O–H groups in total. The zero-order valence-electron chi connectivity index (χ0n) is 19.2. The molecule has 36 heavy (non-hydrogen) atoms. The van der Waals surface area contributed by atoms with Crippen LogP contribution >= 0.6 is 0 Å². The van der Waals surface area contributed by atoms with Crippen LogP contribution in [0.1, 0.15) is 48.4 Å². The Morgan fingerprint density at radius 2 is 1.69 bits per heavy atom. The number of halogens is 3. The van der Waals surface area contributed by atoms with Gasteiger partial charge >= 0.3 is 12.2 Å². The van der Waals surface area contributed by atoms with E-state index in [9.17, 15) is 27.6 Å². The van der Waals surface area contributed by atoms with Crippen molar-refractivity contribution < 1.29 is 32.3 Å². The Morgan fingerprint density at radius 1 is 1.06 bits per heavy atom. The van der Waals surface area contributed by atoms with Crippen LogP contribution in [-0.2, 0) is 20.5 Å². The van der Waals surface area contributed by atoms with Crippen molar-refractivity contribution in [2.75, 3.05) is 18.5 Å². The van der Waals surface area contributed by atoms with Gasteiger partial charge in [-0.15, -0.1) is 0 Å². The number of Topliss-reactive ketones (excluding diaryl/α,β-unsaturated/α-hetero) is 2. The Morgan fingerprint density at radius 3 is 2.28 bits per heavy atom.